The molecular weight excluding hydrogens is 689 g/mol. The third-order valence-corrected chi connectivity index (χ3v) is 10.8. The Hall–Kier alpha value is -3.87. The summed E-state index contributed by atoms with van der Waals surface area (Å²) < 4.78 is 23.1. The third-order valence-electron chi connectivity index (χ3n) is 9.07. The zero-order valence-electron chi connectivity index (χ0n) is 27.1. The van der Waals surface area contributed by atoms with Crippen LogP contribution in [0.15, 0.2) is 67.0 Å². The monoisotopic (exact) mass is 725 g/mol. The van der Waals surface area contributed by atoms with Crippen LogP contribution in [0.2, 0.25) is 10.0 Å². The van der Waals surface area contributed by atoms with Gasteiger partial charge in [-0.2, -0.15) is 0 Å². The number of carbonyl (C=O) groups is 2. The number of anilines is 1. The zero-order valence-corrected chi connectivity index (χ0v) is 29.5. The molecule has 1 amide bonds. The first-order chi connectivity index (χ1) is 23.8. The number of hydrogen-bond donors (Lipinski definition) is 1. The van der Waals surface area contributed by atoms with Gasteiger partial charge in [0, 0.05) is 35.8 Å². The molecule has 3 aliphatic rings. The molecule has 0 spiro atoms. The number of thiophene rings is 1. The molecule has 49 heavy (non-hydrogen) atoms. The fourth-order valence-electron chi connectivity index (χ4n) is 6.41. The molecule has 3 fully saturated rings. The standard InChI is InChI=1S/C36H37Cl2N3O7S/c1-45-30-9-7-23(15-32(30)46-2)31(16-26-27(37)17-39-18-28(26)38)47-35(43)34-10-8-25(49-34)19-41(29-6-4-3-5-24(29)21-42)36(44)48-33-20-40-13-11-22(33)12-14-40/h3-10,15,17-18,22,31,33,42H,11-14,16,19-21H2,1-2H3/t31-,33-/m0/s1. The summed E-state index contributed by atoms with van der Waals surface area (Å²) in [6.07, 6.45) is 3.70. The predicted molar refractivity (Wildman–Crippen MR) is 188 cm³/mol. The van der Waals surface area contributed by atoms with Gasteiger partial charge in [0.05, 0.1) is 43.1 Å². The van der Waals surface area contributed by atoms with Gasteiger partial charge < -0.3 is 24.1 Å². The lowest BCUT2D eigenvalue weighted by molar-refractivity contribution is -0.0311. The van der Waals surface area contributed by atoms with E-state index in [1.165, 1.54) is 35.7 Å². The third kappa shape index (κ3) is 7.97. The second-order valence-electron chi connectivity index (χ2n) is 12.0. The SMILES string of the molecule is COc1ccc([C@H](Cc2c(Cl)cncc2Cl)OC(=O)c2ccc(CN(C(=O)O[C@H]3CN4CCC3CC4)c3ccccc3CO)s2)cc1OC. The van der Waals surface area contributed by atoms with Gasteiger partial charge in [0.1, 0.15) is 17.1 Å². The van der Waals surface area contributed by atoms with E-state index in [1.807, 2.05) is 12.1 Å². The maximum Gasteiger partial charge on any atom is 0.414 e. The molecule has 2 aromatic heterocycles. The van der Waals surface area contributed by atoms with Crippen LogP contribution >= 0.6 is 34.5 Å². The number of hydrogen-bond acceptors (Lipinski definition) is 10. The Morgan fingerprint density at radius 1 is 1.02 bits per heavy atom. The van der Waals surface area contributed by atoms with Gasteiger partial charge in [-0.15, -0.1) is 11.3 Å². The van der Waals surface area contributed by atoms with Crippen LogP contribution in [0.4, 0.5) is 10.5 Å². The van der Waals surface area contributed by atoms with Gasteiger partial charge in [-0.1, -0.05) is 47.5 Å². The first-order valence-corrected chi connectivity index (χ1v) is 17.5. The fraction of sp³-hybridized carbons (Fsp3) is 0.361. The van der Waals surface area contributed by atoms with E-state index in [9.17, 15) is 14.7 Å². The van der Waals surface area contributed by atoms with E-state index in [-0.39, 0.29) is 25.7 Å². The number of benzene rings is 2. The van der Waals surface area contributed by atoms with E-state index in [2.05, 4.69) is 9.88 Å². The number of fused-ring (bicyclic) bond motifs is 3. The minimum Gasteiger partial charge on any atom is -0.493 e. The van der Waals surface area contributed by atoms with Crippen LogP contribution in [-0.4, -0.2) is 67.0 Å². The number of pyridine rings is 1. The topological polar surface area (TPSA) is 111 Å². The van der Waals surface area contributed by atoms with E-state index < -0.39 is 18.2 Å². The second-order valence-corrected chi connectivity index (χ2v) is 14.0. The molecule has 3 aliphatic heterocycles. The minimum atomic E-state index is -0.792. The second kappa shape index (κ2) is 15.8. The summed E-state index contributed by atoms with van der Waals surface area (Å²) in [5, 5.41) is 10.8. The fourth-order valence-corrected chi connectivity index (χ4v) is 7.81. The lowest BCUT2D eigenvalue weighted by atomic mass is 9.86. The van der Waals surface area contributed by atoms with Crippen LogP contribution in [0, 0.1) is 5.92 Å². The number of esters is 1. The van der Waals surface area contributed by atoms with Gasteiger partial charge in [0.15, 0.2) is 11.5 Å². The number of aromatic nitrogens is 1. The molecule has 7 rings (SSSR count). The Bertz CT molecular complexity index is 1780. The van der Waals surface area contributed by atoms with Crippen molar-refractivity contribution in [3.63, 3.8) is 0 Å². The Balaban J connectivity index is 1.24. The first kappa shape index (κ1) is 35.0. The van der Waals surface area contributed by atoms with Crippen molar-refractivity contribution in [3.05, 3.63) is 103 Å². The summed E-state index contributed by atoms with van der Waals surface area (Å²) >= 11 is 14.1. The molecule has 0 radical (unpaired) electrons. The number of aliphatic hydroxyl groups excluding tert-OH is 1. The number of aliphatic hydroxyl groups is 1. The average molecular weight is 727 g/mol. The van der Waals surface area contributed by atoms with E-state index in [4.69, 9.17) is 42.1 Å². The summed E-state index contributed by atoms with van der Waals surface area (Å²) in [5.74, 6) is 0.773. The van der Waals surface area contributed by atoms with Crippen molar-refractivity contribution in [2.75, 3.05) is 38.8 Å². The summed E-state index contributed by atoms with van der Waals surface area (Å²) in [6.45, 7) is 2.66. The van der Waals surface area contributed by atoms with Gasteiger partial charge in [-0.05, 0) is 73.3 Å². The Morgan fingerprint density at radius 2 is 1.76 bits per heavy atom. The number of para-hydroxylation sites is 1. The highest BCUT2D eigenvalue weighted by Crippen LogP contribution is 2.37. The molecular formula is C36H37Cl2N3O7S. The number of rotatable bonds is 12. The molecule has 5 heterocycles. The van der Waals surface area contributed by atoms with Gasteiger partial charge >= 0.3 is 12.1 Å². The van der Waals surface area contributed by atoms with Crippen molar-refractivity contribution in [2.24, 2.45) is 5.92 Å². The van der Waals surface area contributed by atoms with Gasteiger partial charge in [-0.25, -0.2) is 9.59 Å². The predicted octanol–water partition coefficient (Wildman–Crippen LogP) is 7.34. The van der Waals surface area contributed by atoms with Gasteiger partial charge in [0.25, 0.3) is 0 Å². The summed E-state index contributed by atoms with van der Waals surface area (Å²) in [4.78, 5) is 36.5. The lowest BCUT2D eigenvalue weighted by Crippen LogP contribution is -2.53. The molecule has 0 unspecified atom stereocenters. The number of nitrogens with zero attached hydrogens (tertiary/aromatic N) is 3. The van der Waals surface area contributed by atoms with Gasteiger partial charge in [-0.3, -0.25) is 14.8 Å². The highest BCUT2D eigenvalue weighted by Gasteiger charge is 2.38. The Morgan fingerprint density at radius 3 is 2.43 bits per heavy atom. The van der Waals surface area contributed by atoms with Gasteiger partial charge in [0.2, 0.25) is 0 Å². The summed E-state index contributed by atoms with van der Waals surface area (Å²) in [6, 6.07) is 15.9. The molecule has 0 aliphatic carbocycles. The Kier molecular flexibility index (Phi) is 11.3. The minimum absolute atomic E-state index is 0.135. The number of ether oxygens (including phenoxy) is 4. The molecule has 3 saturated heterocycles. The van der Waals surface area contributed by atoms with Crippen molar-refractivity contribution >= 4 is 52.3 Å². The molecule has 2 atom stereocenters. The zero-order chi connectivity index (χ0) is 34.5. The maximum atomic E-state index is 13.8. The maximum absolute atomic E-state index is 13.8. The summed E-state index contributed by atoms with van der Waals surface area (Å²) in [5.41, 5.74) is 2.37. The number of piperidine rings is 3. The molecule has 258 valence electrons. The van der Waals surface area contributed by atoms with Crippen LogP contribution in [0.3, 0.4) is 0 Å². The van der Waals surface area contributed by atoms with Crippen LogP contribution in [0.5, 0.6) is 11.5 Å². The molecule has 10 nitrogen and oxygen atoms in total. The summed E-state index contributed by atoms with van der Waals surface area (Å²) in [7, 11) is 3.07. The molecule has 2 aromatic carbocycles. The molecule has 13 heteroatoms. The molecule has 2 bridgehead atoms. The molecule has 1 N–H and O–H groups in total. The smallest absolute Gasteiger partial charge is 0.414 e. The first-order valence-electron chi connectivity index (χ1n) is 16.0. The van der Waals surface area contributed by atoms with Crippen molar-refractivity contribution in [1.29, 1.82) is 0 Å². The Labute approximate surface area is 299 Å². The van der Waals surface area contributed by atoms with E-state index >= 15 is 0 Å². The van der Waals surface area contributed by atoms with Crippen LogP contribution in [-0.2, 0) is 29.0 Å². The van der Waals surface area contributed by atoms with Crippen LogP contribution < -0.4 is 14.4 Å². The van der Waals surface area contributed by atoms with E-state index in [0.29, 0.717) is 54.7 Å². The molecule has 0 saturated carbocycles. The van der Waals surface area contributed by atoms with Crippen LogP contribution in [0.25, 0.3) is 0 Å². The highest BCUT2D eigenvalue weighted by atomic mass is 35.5. The van der Waals surface area contributed by atoms with Crippen molar-refractivity contribution in [2.45, 2.75) is 44.6 Å². The number of halogens is 2. The normalized spacial score (nSPS) is 18.8. The van der Waals surface area contributed by atoms with Crippen molar-refractivity contribution in [3.8, 4) is 11.5 Å². The van der Waals surface area contributed by atoms with Crippen LogP contribution in [0.1, 0.15) is 50.2 Å². The lowest BCUT2D eigenvalue weighted by Gasteiger charge is -2.44. The molecule has 4 aromatic rings. The average Bonchev–Trinajstić information content (AvgIpc) is 3.61. The van der Waals surface area contributed by atoms with E-state index in [0.717, 1.165) is 37.4 Å². The highest BCUT2D eigenvalue weighted by molar-refractivity contribution is 7.14. The van der Waals surface area contributed by atoms with Crippen molar-refractivity contribution < 1.29 is 33.6 Å². The number of methoxy groups -OCH3 is 2. The number of carbonyl (C=O) groups excluding carboxylic acids is 2. The largest absolute Gasteiger partial charge is 0.493 e. The van der Waals surface area contributed by atoms with E-state index in [1.54, 1.807) is 49.6 Å². The van der Waals surface area contributed by atoms with Crippen molar-refractivity contribution in [1.82, 2.24) is 9.88 Å². The number of amides is 1. The quantitative estimate of drug-likeness (QED) is 0.150.